The molecule has 3 rings (SSSR count). The van der Waals surface area contributed by atoms with Crippen molar-refractivity contribution in [1.82, 2.24) is 15.2 Å². The summed E-state index contributed by atoms with van der Waals surface area (Å²) >= 11 is 7.08. The van der Waals surface area contributed by atoms with Gasteiger partial charge in [0.15, 0.2) is 5.69 Å². The Morgan fingerprint density at radius 2 is 2.14 bits per heavy atom. The summed E-state index contributed by atoms with van der Waals surface area (Å²) in [6.07, 6.45) is 0. The zero-order valence-corrected chi connectivity index (χ0v) is 12.0. The maximum absolute atomic E-state index is 13.1. The number of H-pyrrole nitrogens is 1. The molecule has 2 heterocycles. The third kappa shape index (κ3) is 2.93. The Morgan fingerprint density at radius 1 is 1.29 bits per heavy atom. The predicted molar refractivity (Wildman–Crippen MR) is 80.7 cm³/mol. The van der Waals surface area contributed by atoms with E-state index in [0.717, 1.165) is 4.88 Å². The van der Waals surface area contributed by atoms with E-state index >= 15 is 0 Å². The Kier molecular flexibility index (Phi) is 3.68. The summed E-state index contributed by atoms with van der Waals surface area (Å²) < 4.78 is 13.1. The highest BCUT2D eigenvalue weighted by Crippen LogP contribution is 2.22. The van der Waals surface area contributed by atoms with Gasteiger partial charge in [-0.3, -0.25) is 9.78 Å². The van der Waals surface area contributed by atoms with Crippen LogP contribution in [0.25, 0.3) is 10.6 Å². The van der Waals surface area contributed by atoms with E-state index in [1.54, 1.807) is 6.07 Å². The molecule has 3 aromatic rings. The monoisotopic (exact) mass is 322 g/mol. The van der Waals surface area contributed by atoms with Gasteiger partial charge in [-0.05, 0) is 29.6 Å². The first-order chi connectivity index (χ1) is 10.1. The minimum Gasteiger partial charge on any atom is -0.324 e. The lowest BCUT2D eigenvalue weighted by Crippen LogP contribution is -2.15. The molecular formula is C13H8ClFN4OS. The summed E-state index contributed by atoms with van der Waals surface area (Å²) in [5.74, 6) is -0.363. The second kappa shape index (κ2) is 5.63. The topological polar surface area (TPSA) is 70.7 Å². The fourth-order valence-corrected chi connectivity index (χ4v) is 2.57. The van der Waals surface area contributed by atoms with Crippen LogP contribution in [0.15, 0.2) is 40.5 Å². The number of nitrogens with one attached hydrogen (secondary N) is 2. The quantitative estimate of drug-likeness (QED) is 0.775. The van der Waals surface area contributed by atoms with Crippen molar-refractivity contribution in [2.75, 3.05) is 5.32 Å². The van der Waals surface area contributed by atoms with Gasteiger partial charge in [0, 0.05) is 5.69 Å². The number of hydrogen-bond donors (Lipinski definition) is 2. The summed E-state index contributed by atoms with van der Waals surface area (Å²) in [6.45, 7) is 0. The van der Waals surface area contributed by atoms with Crippen LogP contribution >= 0.6 is 22.9 Å². The van der Waals surface area contributed by atoms with Crippen LogP contribution in [0.1, 0.15) is 0 Å². The highest BCUT2D eigenvalue weighted by atomic mass is 35.5. The molecule has 0 bridgehead atoms. The van der Waals surface area contributed by atoms with Gasteiger partial charge in [-0.15, -0.1) is 21.5 Å². The number of benzene rings is 1. The lowest BCUT2D eigenvalue weighted by atomic mass is 10.3. The lowest BCUT2D eigenvalue weighted by Gasteiger charge is -2.05. The Bertz CT molecular complexity index is 834. The molecule has 0 radical (unpaired) electrons. The van der Waals surface area contributed by atoms with Crippen LogP contribution in [0.4, 0.5) is 16.0 Å². The van der Waals surface area contributed by atoms with Crippen LogP contribution in [0.2, 0.25) is 5.02 Å². The molecule has 8 heteroatoms. The van der Waals surface area contributed by atoms with Gasteiger partial charge in [0.05, 0.1) is 9.90 Å². The van der Waals surface area contributed by atoms with Crippen LogP contribution in [-0.2, 0) is 0 Å². The van der Waals surface area contributed by atoms with Crippen molar-refractivity contribution >= 4 is 34.6 Å². The summed E-state index contributed by atoms with van der Waals surface area (Å²) in [4.78, 5) is 15.3. The largest absolute Gasteiger partial charge is 0.324 e. The molecule has 0 spiro atoms. The van der Waals surface area contributed by atoms with E-state index in [-0.39, 0.29) is 22.2 Å². The highest BCUT2D eigenvalue weighted by molar-refractivity contribution is 7.13. The Hall–Kier alpha value is -2.25. The average Bonchev–Trinajstić information content (AvgIpc) is 2.97. The van der Waals surface area contributed by atoms with Crippen LogP contribution in [0.5, 0.6) is 0 Å². The van der Waals surface area contributed by atoms with E-state index in [1.807, 2.05) is 11.4 Å². The van der Waals surface area contributed by atoms with Crippen LogP contribution < -0.4 is 10.9 Å². The molecular weight excluding hydrogens is 315 g/mol. The molecule has 5 nitrogen and oxygen atoms in total. The van der Waals surface area contributed by atoms with Gasteiger partial charge in [-0.2, -0.15) is 0 Å². The van der Waals surface area contributed by atoms with Gasteiger partial charge in [0.25, 0.3) is 5.56 Å². The van der Waals surface area contributed by atoms with Crippen molar-refractivity contribution < 1.29 is 4.39 Å². The molecule has 0 aliphatic carbocycles. The molecule has 0 aliphatic rings. The maximum Gasteiger partial charge on any atom is 0.280 e. The Morgan fingerprint density at radius 3 is 2.81 bits per heavy atom. The Balaban J connectivity index is 1.89. The van der Waals surface area contributed by atoms with Gasteiger partial charge in [0.2, 0.25) is 5.95 Å². The van der Waals surface area contributed by atoms with E-state index in [4.69, 9.17) is 11.6 Å². The van der Waals surface area contributed by atoms with E-state index in [9.17, 15) is 9.18 Å². The van der Waals surface area contributed by atoms with E-state index in [0.29, 0.717) is 5.69 Å². The summed E-state index contributed by atoms with van der Waals surface area (Å²) in [7, 11) is 0. The maximum atomic E-state index is 13.1. The fraction of sp³-hybridized carbons (Fsp3) is 0. The molecule has 0 saturated carbocycles. The predicted octanol–water partition coefficient (Wildman–Crippen LogP) is 3.43. The molecule has 2 N–H and O–H groups in total. The molecule has 0 atom stereocenters. The van der Waals surface area contributed by atoms with Crippen molar-refractivity contribution in [2.45, 2.75) is 0 Å². The average molecular weight is 323 g/mol. The van der Waals surface area contributed by atoms with Gasteiger partial charge in [0.1, 0.15) is 5.82 Å². The van der Waals surface area contributed by atoms with Crippen molar-refractivity contribution in [1.29, 1.82) is 0 Å². The molecule has 0 unspecified atom stereocenters. The standard InChI is InChI=1S/C13H8ClFN4OS/c14-8-6-7(3-4-9(8)15)16-13-17-12(20)11(18-19-13)10-2-1-5-21-10/h1-6H,(H2,16,17,19,20). The third-order valence-electron chi connectivity index (χ3n) is 2.63. The molecule has 0 amide bonds. The number of anilines is 2. The molecule has 2 aromatic heterocycles. The van der Waals surface area contributed by atoms with Crippen LogP contribution in [0.3, 0.4) is 0 Å². The smallest absolute Gasteiger partial charge is 0.280 e. The number of aromatic amines is 1. The lowest BCUT2D eigenvalue weighted by molar-refractivity contribution is 0.628. The number of halogens is 2. The highest BCUT2D eigenvalue weighted by Gasteiger charge is 2.09. The first-order valence-electron chi connectivity index (χ1n) is 5.86. The van der Waals surface area contributed by atoms with Gasteiger partial charge in [-0.1, -0.05) is 17.7 Å². The molecule has 21 heavy (non-hydrogen) atoms. The summed E-state index contributed by atoms with van der Waals surface area (Å²) in [5, 5.41) is 12.4. The normalized spacial score (nSPS) is 10.6. The number of nitrogens with zero attached hydrogens (tertiary/aromatic N) is 2. The number of thiophene rings is 1. The third-order valence-corrected chi connectivity index (χ3v) is 3.80. The van der Waals surface area contributed by atoms with Crippen molar-refractivity contribution in [2.24, 2.45) is 0 Å². The van der Waals surface area contributed by atoms with Crippen molar-refractivity contribution in [3.63, 3.8) is 0 Å². The van der Waals surface area contributed by atoms with E-state index in [1.165, 1.54) is 29.5 Å². The fourth-order valence-electron chi connectivity index (χ4n) is 1.68. The number of aromatic nitrogens is 3. The zero-order chi connectivity index (χ0) is 14.8. The molecule has 1 aromatic carbocycles. The minimum absolute atomic E-state index is 0.0227. The second-order valence-corrected chi connectivity index (χ2v) is 5.44. The first-order valence-corrected chi connectivity index (χ1v) is 7.12. The molecule has 0 aliphatic heterocycles. The van der Waals surface area contributed by atoms with E-state index in [2.05, 4.69) is 20.5 Å². The molecule has 0 saturated heterocycles. The molecule has 0 fully saturated rings. The SMILES string of the molecule is O=c1[nH]c(Nc2ccc(F)c(Cl)c2)nnc1-c1cccs1. The van der Waals surface area contributed by atoms with Gasteiger partial charge >= 0.3 is 0 Å². The zero-order valence-electron chi connectivity index (χ0n) is 10.4. The summed E-state index contributed by atoms with van der Waals surface area (Å²) in [6, 6.07) is 7.71. The second-order valence-electron chi connectivity index (χ2n) is 4.08. The van der Waals surface area contributed by atoms with Gasteiger partial charge in [-0.25, -0.2) is 4.39 Å². The van der Waals surface area contributed by atoms with Crippen molar-refractivity contribution in [3.8, 4) is 10.6 Å². The molecule has 106 valence electrons. The number of hydrogen-bond acceptors (Lipinski definition) is 5. The van der Waals surface area contributed by atoms with Crippen LogP contribution in [0, 0.1) is 5.82 Å². The Labute approximate surface area is 127 Å². The van der Waals surface area contributed by atoms with Crippen LogP contribution in [-0.4, -0.2) is 15.2 Å². The van der Waals surface area contributed by atoms with Crippen molar-refractivity contribution in [3.05, 3.63) is 56.9 Å². The minimum atomic E-state index is -0.519. The number of rotatable bonds is 3. The first kappa shape index (κ1) is 13.7. The summed E-state index contributed by atoms with van der Waals surface area (Å²) in [5.41, 5.74) is 0.395. The van der Waals surface area contributed by atoms with Gasteiger partial charge < -0.3 is 5.32 Å². The van der Waals surface area contributed by atoms with E-state index < -0.39 is 5.82 Å².